The summed E-state index contributed by atoms with van der Waals surface area (Å²) >= 11 is 0. The number of fused-ring (bicyclic) bond motifs is 2. The van der Waals surface area contributed by atoms with Gasteiger partial charge in [-0.15, -0.1) is 0 Å². The SMILES string of the molecule is Cc1cc2ncnn2cc1Nc1ncc2c(n1)N(C1C3CC4CC1CC(C#N)(C4)C3)C(=O)C2. The van der Waals surface area contributed by atoms with Crippen molar-refractivity contribution in [1.82, 2.24) is 24.6 Å². The molecule has 4 bridgehead atoms. The van der Waals surface area contributed by atoms with Gasteiger partial charge in [-0.25, -0.2) is 14.5 Å². The van der Waals surface area contributed by atoms with Crippen LogP contribution in [-0.4, -0.2) is 36.5 Å². The molecule has 4 heterocycles. The Balaban J connectivity index is 1.23. The molecule has 9 heteroatoms. The maximum Gasteiger partial charge on any atom is 0.233 e. The average molecular weight is 441 g/mol. The van der Waals surface area contributed by atoms with Crippen molar-refractivity contribution >= 4 is 29.0 Å². The summed E-state index contributed by atoms with van der Waals surface area (Å²) < 4.78 is 1.71. The molecule has 4 saturated carbocycles. The van der Waals surface area contributed by atoms with Crippen LogP contribution in [0.2, 0.25) is 0 Å². The van der Waals surface area contributed by atoms with Crippen LogP contribution in [0.3, 0.4) is 0 Å². The fraction of sp³-hybridized carbons (Fsp3) is 0.500. The molecule has 2 atom stereocenters. The van der Waals surface area contributed by atoms with E-state index in [1.807, 2.05) is 24.1 Å². The molecular formula is C24H24N8O. The van der Waals surface area contributed by atoms with E-state index in [1.165, 1.54) is 6.33 Å². The molecule has 0 saturated heterocycles. The Hall–Kier alpha value is -3.54. The van der Waals surface area contributed by atoms with E-state index >= 15 is 0 Å². The highest BCUT2D eigenvalue weighted by Crippen LogP contribution is 2.61. The van der Waals surface area contributed by atoms with Crippen molar-refractivity contribution in [1.29, 1.82) is 5.26 Å². The summed E-state index contributed by atoms with van der Waals surface area (Å²) in [5.74, 6) is 2.71. The number of anilines is 3. The first kappa shape index (κ1) is 19.0. The molecular weight excluding hydrogens is 416 g/mol. The van der Waals surface area contributed by atoms with Crippen molar-refractivity contribution in [3.63, 3.8) is 0 Å². The Bertz CT molecular complexity index is 1340. The zero-order valence-electron chi connectivity index (χ0n) is 18.4. The molecule has 3 aromatic heterocycles. The second-order valence-corrected chi connectivity index (χ2v) is 10.4. The van der Waals surface area contributed by atoms with Gasteiger partial charge in [0.25, 0.3) is 0 Å². The van der Waals surface area contributed by atoms with Gasteiger partial charge in [0.05, 0.1) is 29.8 Å². The molecule has 2 unspecified atom stereocenters. The first-order valence-electron chi connectivity index (χ1n) is 11.7. The minimum absolute atomic E-state index is 0.111. The maximum absolute atomic E-state index is 13.2. The van der Waals surface area contributed by atoms with Crippen molar-refractivity contribution in [2.75, 3.05) is 10.2 Å². The normalized spacial score (nSPS) is 31.8. The highest BCUT2D eigenvalue weighted by Gasteiger charge is 2.58. The number of aryl methyl sites for hydroxylation is 1. The number of pyridine rings is 1. The quantitative estimate of drug-likeness (QED) is 0.666. The zero-order valence-corrected chi connectivity index (χ0v) is 18.4. The predicted molar refractivity (Wildman–Crippen MR) is 120 cm³/mol. The van der Waals surface area contributed by atoms with Gasteiger partial charge in [-0.2, -0.15) is 15.3 Å². The number of rotatable bonds is 3. The van der Waals surface area contributed by atoms with E-state index in [1.54, 1.807) is 10.7 Å². The predicted octanol–water partition coefficient (Wildman–Crippen LogP) is 3.18. The Labute approximate surface area is 190 Å². The van der Waals surface area contributed by atoms with Gasteiger partial charge in [0.2, 0.25) is 11.9 Å². The van der Waals surface area contributed by atoms with Gasteiger partial charge in [0.15, 0.2) is 5.65 Å². The van der Waals surface area contributed by atoms with E-state index in [4.69, 9.17) is 4.98 Å². The fourth-order valence-corrected chi connectivity index (χ4v) is 7.23. The minimum atomic E-state index is -0.172. The van der Waals surface area contributed by atoms with E-state index in [0.717, 1.165) is 60.4 Å². The molecule has 4 fully saturated rings. The number of hydrogen-bond donors (Lipinski definition) is 1. The lowest BCUT2D eigenvalue weighted by molar-refractivity contribution is -0.120. The van der Waals surface area contributed by atoms with E-state index in [2.05, 4.69) is 26.5 Å². The number of nitrogens with one attached hydrogen (secondary N) is 1. The van der Waals surface area contributed by atoms with E-state index in [9.17, 15) is 10.1 Å². The Kier molecular flexibility index (Phi) is 3.74. The molecule has 3 aromatic rings. The summed E-state index contributed by atoms with van der Waals surface area (Å²) in [5.41, 5.74) is 3.35. The summed E-state index contributed by atoms with van der Waals surface area (Å²) in [6, 6.07) is 4.76. The number of carbonyl (C=O) groups excluding carboxylic acids is 1. The number of carbonyl (C=O) groups is 1. The lowest BCUT2D eigenvalue weighted by Gasteiger charge is -2.59. The minimum Gasteiger partial charge on any atom is -0.323 e. The van der Waals surface area contributed by atoms with Crippen LogP contribution >= 0.6 is 0 Å². The van der Waals surface area contributed by atoms with Gasteiger partial charge in [0.1, 0.15) is 12.1 Å². The Morgan fingerprint density at radius 3 is 2.82 bits per heavy atom. The molecule has 1 aliphatic heterocycles. The number of nitriles is 1. The standard InChI is InChI=1S/C24H24N8O/c1-13-2-19-27-12-28-31(19)10-18(13)29-23-26-9-17-5-20(33)32(22(17)30-23)21-15-3-14-4-16(21)8-24(6-14,7-15)11-25/h2,9-10,12,14-16,21H,3-8H2,1H3,(H,26,29,30). The van der Waals surface area contributed by atoms with Gasteiger partial charge < -0.3 is 5.32 Å². The largest absolute Gasteiger partial charge is 0.323 e. The first-order chi connectivity index (χ1) is 16.0. The smallest absolute Gasteiger partial charge is 0.233 e. The topological polar surface area (TPSA) is 112 Å². The molecule has 1 amide bonds. The lowest BCUT2D eigenvalue weighted by Crippen LogP contribution is -2.60. The summed E-state index contributed by atoms with van der Waals surface area (Å²) in [4.78, 5) is 28.7. The molecule has 0 radical (unpaired) electrons. The third-order valence-corrected chi connectivity index (χ3v) is 8.31. The third-order valence-electron chi connectivity index (χ3n) is 8.31. The van der Waals surface area contributed by atoms with Crippen molar-refractivity contribution in [3.05, 3.63) is 35.9 Å². The van der Waals surface area contributed by atoms with Gasteiger partial charge in [-0.3, -0.25) is 9.69 Å². The second kappa shape index (κ2) is 6.50. The molecule has 0 aromatic carbocycles. The summed E-state index contributed by atoms with van der Waals surface area (Å²) in [6.07, 6.45) is 10.6. The Morgan fingerprint density at radius 2 is 2.03 bits per heavy atom. The van der Waals surface area contributed by atoms with Gasteiger partial charge >= 0.3 is 0 Å². The molecule has 1 N–H and O–H groups in total. The van der Waals surface area contributed by atoms with E-state index < -0.39 is 0 Å². The van der Waals surface area contributed by atoms with Crippen LogP contribution in [0.4, 0.5) is 17.5 Å². The number of aromatic nitrogens is 5. The van der Waals surface area contributed by atoms with Crippen LogP contribution in [-0.2, 0) is 11.2 Å². The molecule has 166 valence electrons. The third kappa shape index (κ3) is 2.73. The Morgan fingerprint density at radius 1 is 1.21 bits per heavy atom. The van der Waals surface area contributed by atoms with Crippen molar-refractivity contribution < 1.29 is 4.79 Å². The van der Waals surface area contributed by atoms with Crippen molar-refractivity contribution in [2.24, 2.45) is 23.2 Å². The van der Waals surface area contributed by atoms with Crippen LogP contribution in [0.25, 0.3) is 5.65 Å². The number of hydrogen-bond acceptors (Lipinski definition) is 7. The van der Waals surface area contributed by atoms with Gasteiger partial charge in [-0.05, 0) is 68.4 Å². The van der Waals surface area contributed by atoms with Crippen LogP contribution in [0.1, 0.15) is 43.2 Å². The van der Waals surface area contributed by atoms with Crippen LogP contribution in [0.5, 0.6) is 0 Å². The van der Waals surface area contributed by atoms with Crippen LogP contribution < -0.4 is 10.2 Å². The average Bonchev–Trinajstić information content (AvgIpc) is 3.37. The summed E-state index contributed by atoms with van der Waals surface area (Å²) in [6.45, 7) is 2.00. The van der Waals surface area contributed by atoms with Crippen LogP contribution in [0.15, 0.2) is 24.8 Å². The number of nitrogens with zero attached hydrogens (tertiary/aromatic N) is 7. The lowest BCUT2D eigenvalue weighted by atomic mass is 9.48. The van der Waals surface area contributed by atoms with Crippen LogP contribution in [0, 0.1) is 41.4 Å². The second-order valence-electron chi connectivity index (χ2n) is 10.4. The van der Waals surface area contributed by atoms with Gasteiger partial charge in [0, 0.05) is 17.8 Å². The monoisotopic (exact) mass is 440 g/mol. The van der Waals surface area contributed by atoms with E-state index in [-0.39, 0.29) is 17.4 Å². The maximum atomic E-state index is 13.2. The first-order valence-corrected chi connectivity index (χ1v) is 11.7. The summed E-state index contributed by atoms with van der Waals surface area (Å²) in [5, 5.41) is 17.4. The number of amides is 1. The molecule has 5 aliphatic rings. The fourth-order valence-electron chi connectivity index (χ4n) is 7.23. The van der Waals surface area contributed by atoms with E-state index in [0.29, 0.717) is 30.1 Å². The molecule has 4 aliphatic carbocycles. The summed E-state index contributed by atoms with van der Waals surface area (Å²) in [7, 11) is 0. The van der Waals surface area contributed by atoms with Crippen molar-refractivity contribution in [3.8, 4) is 6.07 Å². The highest BCUT2D eigenvalue weighted by atomic mass is 16.2. The molecule has 8 rings (SSSR count). The highest BCUT2D eigenvalue weighted by molar-refractivity contribution is 6.01. The van der Waals surface area contributed by atoms with Gasteiger partial charge in [-0.1, -0.05) is 0 Å². The molecule has 0 spiro atoms. The zero-order chi connectivity index (χ0) is 22.3. The molecule has 33 heavy (non-hydrogen) atoms. The molecule has 9 nitrogen and oxygen atoms in total. The van der Waals surface area contributed by atoms with Crippen molar-refractivity contribution in [2.45, 2.75) is 51.5 Å².